The van der Waals surface area contributed by atoms with Crippen molar-refractivity contribution in [3.8, 4) is 0 Å². The molecule has 0 spiro atoms. The minimum atomic E-state index is -3.72. The van der Waals surface area contributed by atoms with E-state index in [1.54, 1.807) is 25.1 Å². The number of sulfonamides is 2. The summed E-state index contributed by atoms with van der Waals surface area (Å²) in [5.74, 6) is -0.755. The molecule has 2 aromatic rings. The summed E-state index contributed by atoms with van der Waals surface area (Å²) < 4.78 is 52.6. The van der Waals surface area contributed by atoms with E-state index < -0.39 is 20.0 Å². The topological polar surface area (TPSA) is 130 Å². The third-order valence-corrected chi connectivity index (χ3v) is 8.03. The molecule has 2 aromatic carbocycles. The van der Waals surface area contributed by atoms with Crippen LogP contribution in [0.1, 0.15) is 35.7 Å². The van der Waals surface area contributed by atoms with Crippen molar-refractivity contribution < 1.29 is 26.4 Å². The maximum absolute atomic E-state index is 12.9. The van der Waals surface area contributed by atoms with Gasteiger partial charge in [-0.05, 0) is 56.5 Å². The molecule has 1 fully saturated rings. The zero-order valence-electron chi connectivity index (χ0n) is 18.7. The van der Waals surface area contributed by atoms with E-state index in [0.717, 1.165) is 6.26 Å². The van der Waals surface area contributed by atoms with Crippen molar-refractivity contribution in [3.63, 3.8) is 0 Å². The predicted molar refractivity (Wildman–Crippen MR) is 126 cm³/mol. The fourth-order valence-corrected chi connectivity index (χ4v) is 5.71. The highest BCUT2D eigenvalue weighted by atomic mass is 32.2. The quantitative estimate of drug-likeness (QED) is 0.571. The number of aryl methyl sites for hydroxylation is 1. The highest BCUT2D eigenvalue weighted by molar-refractivity contribution is 7.92. The van der Waals surface area contributed by atoms with Crippen molar-refractivity contribution in [3.05, 3.63) is 53.6 Å². The molecule has 1 aliphatic heterocycles. The first-order chi connectivity index (χ1) is 15.4. The number of anilines is 2. The van der Waals surface area contributed by atoms with Gasteiger partial charge in [-0.15, -0.1) is 0 Å². The average Bonchev–Trinajstić information content (AvgIpc) is 2.75. The second-order valence-corrected chi connectivity index (χ2v) is 11.8. The second-order valence-electron chi connectivity index (χ2n) is 8.15. The second kappa shape index (κ2) is 9.62. The van der Waals surface area contributed by atoms with Gasteiger partial charge in [0.15, 0.2) is 5.78 Å². The number of amides is 1. The summed E-state index contributed by atoms with van der Waals surface area (Å²) in [6.45, 7) is 3.56. The maximum Gasteiger partial charge on any atom is 0.243 e. The Bertz CT molecular complexity index is 1260. The van der Waals surface area contributed by atoms with Crippen molar-refractivity contribution in [1.82, 2.24) is 4.31 Å². The summed E-state index contributed by atoms with van der Waals surface area (Å²) in [5, 5.41) is 2.79. The molecule has 0 aliphatic carbocycles. The number of hydrogen-bond donors (Lipinski definition) is 2. The van der Waals surface area contributed by atoms with Gasteiger partial charge in [-0.2, -0.15) is 4.31 Å². The Morgan fingerprint density at radius 1 is 0.970 bits per heavy atom. The van der Waals surface area contributed by atoms with E-state index in [1.165, 1.54) is 35.5 Å². The summed E-state index contributed by atoms with van der Waals surface area (Å²) in [7, 11) is -7.17. The maximum atomic E-state index is 12.9. The van der Waals surface area contributed by atoms with Crippen LogP contribution in [0.15, 0.2) is 47.4 Å². The number of carbonyl (C=O) groups excluding carboxylic acids is 2. The lowest BCUT2D eigenvalue weighted by atomic mass is 9.97. The molecule has 0 radical (unpaired) electrons. The lowest BCUT2D eigenvalue weighted by Crippen LogP contribution is -2.41. The summed E-state index contributed by atoms with van der Waals surface area (Å²) in [5.41, 5.74) is 1.99. The van der Waals surface area contributed by atoms with Gasteiger partial charge in [-0.1, -0.05) is 18.2 Å². The van der Waals surface area contributed by atoms with Crippen LogP contribution < -0.4 is 10.0 Å². The molecule has 1 aliphatic rings. The number of rotatable bonds is 7. The van der Waals surface area contributed by atoms with Crippen LogP contribution in [-0.2, 0) is 24.8 Å². The Labute approximate surface area is 194 Å². The van der Waals surface area contributed by atoms with Gasteiger partial charge in [0.05, 0.1) is 16.8 Å². The molecular weight excluding hydrogens is 466 g/mol. The molecule has 2 N–H and O–H groups in total. The molecule has 0 unspecified atom stereocenters. The highest BCUT2D eigenvalue weighted by Crippen LogP contribution is 2.26. The van der Waals surface area contributed by atoms with Crippen molar-refractivity contribution in [2.45, 2.75) is 31.6 Å². The SMILES string of the molecule is CC(=O)c1ccc(S(=O)(=O)N2CCC(C(=O)Nc3ccc(C)c(NS(C)(=O)=O)c3)CC2)cc1. The first kappa shape index (κ1) is 24.9. The molecule has 33 heavy (non-hydrogen) atoms. The number of carbonyl (C=O) groups is 2. The van der Waals surface area contributed by atoms with Crippen LogP contribution in [0.4, 0.5) is 11.4 Å². The lowest BCUT2D eigenvalue weighted by Gasteiger charge is -2.30. The van der Waals surface area contributed by atoms with Crippen molar-refractivity contribution in [1.29, 1.82) is 0 Å². The monoisotopic (exact) mass is 493 g/mol. The molecular formula is C22H27N3O6S2. The minimum absolute atomic E-state index is 0.112. The molecule has 0 saturated carbocycles. The first-order valence-corrected chi connectivity index (χ1v) is 13.7. The Kier molecular flexibility index (Phi) is 7.25. The normalized spacial score (nSPS) is 15.7. The number of ketones is 1. The van der Waals surface area contributed by atoms with Gasteiger partial charge < -0.3 is 5.32 Å². The van der Waals surface area contributed by atoms with Crippen LogP contribution >= 0.6 is 0 Å². The van der Waals surface area contributed by atoms with Crippen LogP contribution in [0.3, 0.4) is 0 Å². The van der Waals surface area contributed by atoms with Crippen LogP contribution in [0.5, 0.6) is 0 Å². The lowest BCUT2D eigenvalue weighted by molar-refractivity contribution is -0.120. The predicted octanol–water partition coefficient (Wildman–Crippen LogP) is 2.61. The zero-order chi connectivity index (χ0) is 24.4. The van der Waals surface area contributed by atoms with Gasteiger partial charge >= 0.3 is 0 Å². The van der Waals surface area contributed by atoms with Gasteiger partial charge in [0.2, 0.25) is 26.0 Å². The first-order valence-electron chi connectivity index (χ1n) is 10.4. The molecule has 1 amide bonds. The fraction of sp³-hybridized carbons (Fsp3) is 0.364. The number of benzene rings is 2. The molecule has 0 bridgehead atoms. The highest BCUT2D eigenvalue weighted by Gasteiger charge is 2.32. The largest absolute Gasteiger partial charge is 0.326 e. The molecule has 11 heteroatoms. The third kappa shape index (κ3) is 6.18. The van der Waals surface area contributed by atoms with Gasteiger partial charge in [0.1, 0.15) is 0 Å². The van der Waals surface area contributed by atoms with Crippen molar-refractivity contribution in [2.24, 2.45) is 5.92 Å². The van der Waals surface area contributed by atoms with Crippen LogP contribution in [0, 0.1) is 12.8 Å². The van der Waals surface area contributed by atoms with E-state index >= 15 is 0 Å². The van der Waals surface area contributed by atoms with E-state index in [9.17, 15) is 26.4 Å². The molecule has 0 aromatic heterocycles. The smallest absolute Gasteiger partial charge is 0.243 e. The molecule has 3 rings (SSSR count). The van der Waals surface area contributed by atoms with E-state index in [2.05, 4.69) is 10.0 Å². The van der Waals surface area contributed by atoms with E-state index in [-0.39, 0.29) is 35.6 Å². The molecule has 9 nitrogen and oxygen atoms in total. The molecule has 1 heterocycles. The number of nitrogens with zero attached hydrogens (tertiary/aromatic N) is 1. The van der Waals surface area contributed by atoms with Gasteiger partial charge in [0, 0.05) is 30.3 Å². The Hall–Kier alpha value is -2.76. The molecule has 178 valence electrons. The van der Waals surface area contributed by atoms with E-state index in [4.69, 9.17) is 0 Å². The molecule has 0 atom stereocenters. The Morgan fingerprint density at radius 3 is 2.12 bits per heavy atom. The summed E-state index contributed by atoms with van der Waals surface area (Å²) in [6.07, 6.45) is 1.77. The standard InChI is InChI=1S/C22H27N3O6S2/c1-15-4-7-19(14-21(15)24-32(3,28)29)23-22(27)18-10-12-25(13-11-18)33(30,31)20-8-5-17(6-9-20)16(2)26/h4-9,14,18,24H,10-13H2,1-3H3,(H,23,27). The van der Waals surface area contributed by atoms with Crippen LogP contribution in [0.2, 0.25) is 0 Å². The van der Waals surface area contributed by atoms with Crippen molar-refractivity contribution >= 4 is 43.1 Å². The van der Waals surface area contributed by atoms with Crippen LogP contribution in [-0.4, -0.2) is 52.2 Å². The Morgan fingerprint density at radius 2 is 1.58 bits per heavy atom. The van der Waals surface area contributed by atoms with Gasteiger partial charge in [0.25, 0.3) is 0 Å². The average molecular weight is 494 g/mol. The van der Waals surface area contributed by atoms with Crippen molar-refractivity contribution in [2.75, 3.05) is 29.4 Å². The fourth-order valence-electron chi connectivity index (χ4n) is 3.62. The summed E-state index contributed by atoms with van der Waals surface area (Å²) >= 11 is 0. The van der Waals surface area contributed by atoms with Crippen LogP contribution in [0.25, 0.3) is 0 Å². The number of hydrogen-bond acceptors (Lipinski definition) is 6. The summed E-state index contributed by atoms with van der Waals surface area (Å²) in [6, 6.07) is 10.8. The summed E-state index contributed by atoms with van der Waals surface area (Å²) in [4.78, 5) is 24.2. The van der Waals surface area contributed by atoms with Gasteiger partial charge in [-0.3, -0.25) is 14.3 Å². The number of piperidine rings is 1. The number of Topliss-reactive ketones (excluding diaryl/α,β-unsaturated/α-hetero) is 1. The minimum Gasteiger partial charge on any atom is -0.326 e. The zero-order valence-corrected chi connectivity index (χ0v) is 20.3. The third-order valence-electron chi connectivity index (χ3n) is 5.52. The number of nitrogens with one attached hydrogen (secondary N) is 2. The Balaban J connectivity index is 1.63. The molecule has 1 saturated heterocycles. The van der Waals surface area contributed by atoms with E-state index in [0.29, 0.717) is 35.3 Å². The van der Waals surface area contributed by atoms with Gasteiger partial charge in [-0.25, -0.2) is 16.8 Å². The van der Waals surface area contributed by atoms with E-state index in [1.807, 2.05) is 0 Å².